The quantitative estimate of drug-likeness (QED) is 0.0470. The number of esters is 1. The number of halogens is 1. The van der Waals surface area contributed by atoms with Crippen molar-refractivity contribution in [3.63, 3.8) is 0 Å². The summed E-state index contributed by atoms with van der Waals surface area (Å²) in [6, 6.07) is 0.295. The predicted octanol–water partition coefficient (Wildman–Crippen LogP) is 10.2. The van der Waals surface area contributed by atoms with Gasteiger partial charge in [-0.15, -0.1) is 0 Å². The van der Waals surface area contributed by atoms with E-state index in [1.807, 2.05) is 0 Å². The molecular formula is C36H69FN2O3. The average Bonchev–Trinajstić information content (AvgIpc) is 2.96. The number of hydrogen-bond acceptors (Lipinski definition) is 4. The molecule has 0 spiro atoms. The summed E-state index contributed by atoms with van der Waals surface area (Å²) in [6.45, 7) is 8.20. The topological polar surface area (TPSA) is 49.9 Å². The van der Waals surface area contributed by atoms with Crippen LogP contribution in [-0.4, -0.2) is 61.5 Å². The molecule has 0 aromatic carbocycles. The highest BCUT2D eigenvalue weighted by molar-refractivity contribution is 5.85. The van der Waals surface area contributed by atoms with Crippen LogP contribution in [0.15, 0.2) is 11.9 Å². The molecule has 0 saturated heterocycles. The van der Waals surface area contributed by atoms with Crippen LogP contribution >= 0.6 is 0 Å². The number of ether oxygens (including phenoxy) is 1. The average molecular weight is 597 g/mol. The van der Waals surface area contributed by atoms with Gasteiger partial charge in [-0.05, 0) is 72.2 Å². The highest BCUT2D eigenvalue weighted by Gasteiger charge is 2.22. The van der Waals surface area contributed by atoms with Crippen molar-refractivity contribution >= 4 is 11.9 Å². The van der Waals surface area contributed by atoms with Crippen molar-refractivity contribution in [3.05, 3.63) is 11.9 Å². The van der Waals surface area contributed by atoms with E-state index >= 15 is 0 Å². The van der Waals surface area contributed by atoms with Crippen LogP contribution in [0.5, 0.6) is 0 Å². The van der Waals surface area contributed by atoms with Crippen LogP contribution in [0.1, 0.15) is 168 Å². The largest absolute Gasteiger partial charge is 0.461 e. The molecule has 1 amide bonds. The molecule has 6 heteroatoms. The first-order chi connectivity index (χ1) is 20.4. The van der Waals surface area contributed by atoms with Crippen LogP contribution in [0.3, 0.4) is 0 Å². The summed E-state index contributed by atoms with van der Waals surface area (Å²) in [5.74, 6) is -1.32. The fraction of sp³-hybridized carbons (Fsp3) is 0.889. The molecular weight excluding hydrogens is 527 g/mol. The van der Waals surface area contributed by atoms with Crippen LogP contribution in [-0.2, 0) is 14.3 Å². The summed E-state index contributed by atoms with van der Waals surface area (Å²) in [7, 11) is 4.14. The standard InChI is InChI=1S/C36H69FN2O3/c1-6-9-11-13-15-17-21-25-32-39(35(40)30-26-31-38(4)5)33(27-22-18-16-14-12-10-7-2)28-23-19-20-24-29-34(37)36(41)42-8-3/h29,33H,6-28,30-32H2,1-5H3/b34-29-. The Morgan fingerprint density at radius 2 is 1.17 bits per heavy atom. The minimum Gasteiger partial charge on any atom is -0.461 e. The van der Waals surface area contributed by atoms with Crippen molar-refractivity contribution in [1.82, 2.24) is 9.80 Å². The molecule has 248 valence electrons. The van der Waals surface area contributed by atoms with Crippen molar-refractivity contribution < 1.29 is 18.7 Å². The van der Waals surface area contributed by atoms with Gasteiger partial charge in [-0.25, -0.2) is 4.79 Å². The molecule has 0 aliphatic carbocycles. The van der Waals surface area contributed by atoms with E-state index in [-0.39, 0.29) is 6.61 Å². The summed E-state index contributed by atoms with van der Waals surface area (Å²) in [4.78, 5) is 29.4. The van der Waals surface area contributed by atoms with Gasteiger partial charge in [-0.3, -0.25) is 4.79 Å². The number of hydrogen-bond donors (Lipinski definition) is 0. The van der Waals surface area contributed by atoms with Gasteiger partial charge in [0.2, 0.25) is 11.7 Å². The van der Waals surface area contributed by atoms with Crippen molar-refractivity contribution in [3.8, 4) is 0 Å². The van der Waals surface area contributed by atoms with E-state index in [1.165, 1.54) is 96.0 Å². The van der Waals surface area contributed by atoms with Gasteiger partial charge < -0.3 is 14.5 Å². The molecule has 1 unspecified atom stereocenters. The Labute approximate surface area is 260 Å². The van der Waals surface area contributed by atoms with Gasteiger partial charge in [0.15, 0.2) is 0 Å². The van der Waals surface area contributed by atoms with E-state index in [2.05, 4.69) is 37.7 Å². The molecule has 0 aliphatic heterocycles. The lowest BCUT2D eigenvalue weighted by molar-refractivity contribution is -0.140. The predicted molar refractivity (Wildman–Crippen MR) is 177 cm³/mol. The Kier molecular flexibility index (Phi) is 28.6. The second-order valence-corrected chi connectivity index (χ2v) is 12.4. The highest BCUT2D eigenvalue weighted by atomic mass is 19.1. The summed E-state index contributed by atoms with van der Waals surface area (Å²) in [5.41, 5.74) is 0. The van der Waals surface area contributed by atoms with Gasteiger partial charge >= 0.3 is 5.97 Å². The van der Waals surface area contributed by atoms with Crippen LogP contribution < -0.4 is 0 Å². The van der Waals surface area contributed by atoms with Gasteiger partial charge in [0, 0.05) is 19.0 Å². The molecule has 0 aliphatic rings. The Balaban J connectivity index is 5.08. The number of unbranched alkanes of at least 4 members (excludes halogenated alkanes) is 16. The third kappa shape index (κ3) is 24.1. The molecule has 1 atom stereocenters. The van der Waals surface area contributed by atoms with Gasteiger partial charge in [0.25, 0.3) is 0 Å². The van der Waals surface area contributed by atoms with Gasteiger partial charge in [-0.1, -0.05) is 117 Å². The summed E-state index contributed by atoms with van der Waals surface area (Å²) in [5, 5.41) is 0. The van der Waals surface area contributed by atoms with E-state index in [0.29, 0.717) is 24.8 Å². The monoisotopic (exact) mass is 597 g/mol. The van der Waals surface area contributed by atoms with Gasteiger partial charge in [0.1, 0.15) is 0 Å². The minimum atomic E-state index is -0.864. The Morgan fingerprint density at radius 3 is 1.69 bits per heavy atom. The van der Waals surface area contributed by atoms with E-state index in [0.717, 1.165) is 58.0 Å². The molecule has 0 fully saturated rings. The summed E-state index contributed by atoms with van der Waals surface area (Å²) >= 11 is 0. The summed E-state index contributed by atoms with van der Waals surface area (Å²) in [6.07, 6.45) is 27.5. The second-order valence-electron chi connectivity index (χ2n) is 12.4. The highest BCUT2D eigenvalue weighted by Crippen LogP contribution is 2.21. The van der Waals surface area contributed by atoms with Gasteiger partial charge in [0.05, 0.1) is 6.61 Å². The minimum absolute atomic E-state index is 0.184. The number of amides is 1. The molecule has 0 saturated carbocycles. The first kappa shape index (κ1) is 40.6. The zero-order valence-electron chi connectivity index (χ0n) is 28.5. The molecule has 0 N–H and O–H groups in total. The van der Waals surface area contributed by atoms with E-state index in [1.54, 1.807) is 6.92 Å². The number of rotatable bonds is 30. The van der Waals surface area contributed by atoms with Crippen LogP contribution in [0.4, 0.5) is 4.39 Å². The van der Waals surface area contributed by atoms with Crippen molar-refractivity contribution in [2.45, 2.75) is 174 Å². The van der Waals surface area contributed by atoms with Crippen LogP contribution in [0, 0.1) is 0 Å². The molecule has 0 rings (SSSR count). The maximum atomic E-state index is 13.8. The molecule has 0 bridgehead atoms. The maximum absolute atomic E-state index is 13.8. The van der Waals surface area contributed by atoms with Gasteiger partial charge in [-0.2, -0.15) is 4.39 Å². The fourth-order valence-corrected chi connectivity index (χ4v) is 5.62. The van der Waals surface area contributed by atoms with E-state index < -0.39 is 11.8 Å². The molecule has 0 heterocycles. The molecule has 42 heavy (non-hydrogen) atoms. The molecule has 5 nitrogen and oxygen atoms in total. The normalized spacial score (nSPS) is 12.6. The zero-order valence-corrected chi connectivity index (χ0v) is 28.5. The molecule has 0 radical (unpaired) electrons. The Bertz CT molecular complexity index is 668. The number of allylic oxidation sites excluding steroid dienone is 1. The number of nitrogens with zero attached hydrogens (tertiary/aromatic N) is 2. The van der Waals surface area contributed by atoms with Crippen molar-refractivity contribution in [2.75, 3.05) is 33.8 Å². The van der Waals surface area contributed by atoms with E-state index in [4.69, 9.17) is 4.74 Å². The molecule has 0 aromatic heterocycles. The summed E-state index contributed by atoms with van der Waals surface area (Å²) < 4.78 is 18.6. The van der Waals surface area contributed by atoms with E-state index in [9.17, 15) is 14.0 Å². The first-order valence-electron chi connectivity index (χ1n) is 17.8. The van der Waals surface area contributed by atoms with Crippen molar-refractivity contribution in [1.29, 1.82) is 0 Å². The third-order valence-electron chi connectivity index (χ3n) is 8.19. The Hall–Kier alpha value is -1.43. The zero-order chi connectivity index (χ0) is 31.3. The SMILES string of the molecule is CCCCCCCCCCN(C(=O)CCCN(C)C)C(CCCCC/C=C(\F)C(=O)OCC)CCCCCCCCC. The fourth-order valence-electron chi connectivity index (χ4n) is 5.62. The van der Waals surface area contributed by atoms with Crippen LogP contribution in [0.2, 0.25) is 0 Å². The first-order valence-corrected chi connectivity index (χ1v) is 17.8. The lowest BCUT2D eigenvalue weighted by atomic mass is 9.97. The molecule has 0 aromatic rings. The number of carbonyl (C=O) groups is 2. The maximum Gasteiger partial charge on any atom is 0.366 e. The smallest absolute Gasteiger partial charge is 0.366 e. The lowest BCUT2D eigenvalue weighted by Gasteiger charge is -2.33. The Morgan fingerprint density at radius 1 is 0.667 bits per heavy atom. The third-order valence-corrected chi connectivity index (χ3v) is 8.19. The van der Waals surface area contributed by atoms with Crippen LogP contribution in [0.25, 0.3) is 0 Å². The lowest BCUT2D eigenvalue weighted by Crippen LogP contribution is -2.41. The van der Waals surface area contributed by atoms with Crippen molar-refractivity contribution in [2.24, 2.45) is 0 Å². The number of carbonyl (C=O) groups excluding carboxylic acids is 2. The second kappa shape index (κ2) is 29.6.